The highest BCUT2D eigenvalue weighted by molar-refractivity contribution is 7.89. The monoisotopic (exact) mass is 488 g/mol. The van der Waals surface area contributed by atoms with Gasteiger partial charge >= 0.3 is 6.03 Å². The number of carbonyl (C=O) groups excluding carboxylic acids is 1. The molecule has 3 heterocycles. The van der Waals surface area contributed by atoms with Crippen LogP contribution < -0.4 is 10.6 Å². The molecule has 33 heavy (non-hydrogen) atoms. The SMILES string of the molecule is CS(=O)(=O)n1ccc(CN2CC[C@@H](NC(=O)Nc3ccccc3)[C@H](c3ccc(Cl)cn3)C2)n1. The number of nitrogens with one attached hydrogen (secondary N) is 2. The Morgan fingerprint density at radius 1 is 1.18 bits per heavy atom. The molecule has 1 aromatic carbocycles. The molecule has 0 bridgehead atoms. The molecule has 0 radical (unpaired) electrons. The van der Waals surface area contributed by atoms with Gasteiger partial charge in [-0.15, -0.1) is 0 Å². The number of aromatic nitrogens is 3. The van der Waals surface area contributed by atoms with Crippen molar-refractivity contribution in [3.8, 4) is 0 Å². The number of pyridine rings is 1. The third-order valence-electron chi connectivity index (χ3n) is 5.52. The zero-order valence-corrected chi connectivity index (χ0v) is 19.6. The molecule has 0 unspecified atom stereocenters. The summed E-state index contributed by atoms with van der Waals surface area (Å²) in [5, 5.41) is 10.7. The van der Waals surface area contributed by atoms with E-state index in [9.17, 15) is 13.2 Å². The Kier molecular flexibility index (Phi) is 6.96. The summed E-state index contributed by atoms with van der Waals surface area (Å²) in [4.78, 5) is 19.3. The number of para-hydroxylation sites is 1. The van der Waals surface area contributed by atoms with Crippen LogP contribution in [-0.2, 0) is 16.6 Å². The van der Waals surface area contributed by atoms with E-state index in [-0.39, 0.29) is 18.0 Å². The maximum atomic E-state index is 12.6. The first-order chi connectivity index (χ1) is 15.8. The highest BCUT2D eigenvalue weighted by Crippen LogP contribution is 2.28. The molecule has 9 nitrogen and oxygen atoms in total. The summed E-state index contributed by atoms with van der Waals surface area (Å²) < 4.78 is 24.4. The Labute approximate surface area is 197 Å². The zero-order chi connectivity index (χ0) is 23.4. The Morgan fingerprint density at radius 2 is 1.97 bits per heavy atom. The lowest BCUT2D eigenvalue weighted by Gasteiger charge is -2.38. The van der Waals surface area contributed by atoms with Gasteiger partial charge in [-0.3, -0.25) is 9.88 Å². The Morgan fingerprint density at radius 3 is 2.64 bits per heavy atom. The highest BCUT2D eigenvalue weighted by Gasteiger charge is 2.33. The minimum Gasteiger partial charge on any atom is -0.334 e. The quantitative estimate of drug-likeness (QED) is 0.552. The summed E-state index contributed by atoms with van der Waals surface area (Å²) in [5.41, 5.74) is 2.21. The Balaban J connectivity index is 1.47. The van der Waals surface area contributed by atoms with Crippen LogP contribution >= 0.6 is 11.6 Å². The predicted octanol–water partition coefficient (Wildman–Crippen LogP) is 2.92. The van der Waals surface area contributed by atoms with Crippen LogP contribution in [0.1, 0.15) is 23.7 Å². The lowest BCUT2D eigenvalue weighted by atomic mass is 9.88. The molecule has 1 aliphatic rings. The lowest BCUT2D eigenvalue weighted by molar-refractivity contribution is 0.165. The van der Waals surface area contributed by atoms with E-state index in [2.05, 4.69) is 25.6 Å². The normalized spacial score (nSPS) is 19.2. The van der Waals surface area contributed by atoms with E-state index in [1.54, 1.807) is 18.3 Å². The summed E-state index contributed by atoms with van der Waals surface area (Å²) in [6.07, 6.45) is 4.86. The first kappa shape index (κ1) is 23.2. The minimum atomic E-state index is -3.42. The van der Waals surface area contributed by atoms with Crippen molar-refractivity contribution in [2.45, 2.75) is 24.9 Å². The third kappa shape index (κ3) is 6.10. The number of urea groups is 1. The van der Waals surface area contributed by atoms with E-state index in [0.717, 1.165) is 21.7 Å². The van der Waals surface area contributed by atoms with Gasteiger partial charge in [0, 0.05) is 55.4 Å². The van der Waals surface area contributed by atoms with Gasteiger partial charge in [0.15, 0.2) is 0 Å². The number of amides is 2. The predicted molar refractivity (Wildman–Crippen MR) is 127 cm³/mol. The smallest absolute Gasteiger partial charge is 0.319 e. The van der Waals surface area contributed by atoms with Gasteiger partial charge in [0.25, 0.3) is 10.0 Å². The van der Waals surface area contributed by atoms with E-state index in [4.69, 9.17) is 11.6 Å². The number of hydrogen-bond donors (Lipinski definition) is 2. The molecule has 11 heteroatoms. The minimum absolute atomic E-state index is 0.0745. The zero-order valence-electron chi connectivity index (χ0n) is 18.1. The van der Waals surface area contributed by atoms with Crippen molar-refractivity contribution in [2.75, 3.05) is 24.7 Å². The molecule has 2 amide bonds. The second-order valence-corrected chi connectivity index (χ2v) is 10.3. The maximum Gasteiger partial charge on any atom is 0.319 e. The van der Waals surface area contributed by atoms with Crippen molar-refractivity contribution in [3.63, 3.8) is 0 Å². The average molecular weight is 489 g/mol. The molecule has 1 saturated heterocycles. The fourth-order valence-electron chi connectivity index (χ4n) is 3.94. The lowest BCUT2D eigenvalue weighted by Crippen LogP contribution is -2.50. The molecule has 2 N–H and O–H groups in total. The van der Waals surface area contributed by atoms with Gasteiger partial charge in [0.2, 0.25) is 0 Å². The second kappa shape index (κ2) is 9.90. The summed E-state index contributed by atoms with van der Waals surface area (Å²) in [6.45, 7) is 1.83. The van der Waals surface area contributed by atoms with Crippen LogP contribution in [0.3, 0.4) is 0 Å². The van der Waals surface area contributed by atoms with Crippen LogP contribution in [0.25, 0.3) is 0 Å². The molecule has 0 saturated carbocycles. The molecular weight excluding hydrogens is 464 g/mol. The molecule has 3 aromatic rings. The van der Waals surface area contributed by atoms with Crippen molar-refractivity contribution in [2.24, 2.45) is 0 Å². The summed E-state index contributed by atoms with van der Waals surface area (Å²) >= 11 is 6.02. The summed E-state index contributed by atoms with van der Waals surface area (Å²) in [6, 6.07) is 14.2. The Bertz CT molecular complexity index is 1200. The van der Waals surface area contributed by atoms with E-state index in [1.807, 2.05) is 36.4 Å². The van der Waals surface area contributed by atoms with E-state index < -0.39 is 10.0 Å². The average Bonchev–Trinajstić information content (AvgIpc) is 3.25. The number of hydrogen-bond acceptors (Lipinski definition) is 6. The molecule has 1 fully saturated rings. The third-order valence-corrected chi connectivity index (χ3v) is 6.63. The fourth-order valence-corrected chi connectivity index (χ4v) is 4.59. The van der Waals surface area contributed by atoms with Gasteiger partial charge in [-0.25, -0.2) is 13.2 Å². The highest BCUT2D eigenvalue weighted by atomic mass is 35.5. The molecule has 174 valence electrons. The number of rotatable bonds is 6. The molecule has 2 atom stereocenters. The van der Waals surface area contributed by atoms with Crippen molar-refractivity contribution in [3.05, 3.63) is 77.3 Å². The van der Waals surface area contributed by atoms with Gasteiger partial charge in [-0.05, 0) is 36.8 Å². The molecule has 2 aromatic heterocycles. The number of likely N-dealkylation sites (tertiary alicyclic amines) is 1. The van der Waals surface area contributed by atoms with Crippen LogP contribution in [0.4, 0.5) is 10.5 Å². The molecule has 4 rings (SSSR count). The number of benzene rings is 1. The number of carbonyl (C=O) groups is 1. The van der Waals surface area contributed by atoms with Crippen LogP contribution in [0.15, 0.2) is 60.9 Å². The van der Waals surface area contributed by atoms with Crippen LogP contribution in [0, 0.1) is 0 Å². The van der Waals surface area contributed by atoms with Crippen LogP contribution in [0.5, 0.6) is 0 Å². The van der Waals surface area contributed by atoms with E-state index >= 15 is 0 Å². The van der Waals surface area contributed by atoms with Gasteiger partial charge < -0.3 is 10.6 Å². The summed E-state index contributed by atoms with van der Waals surface area (Å²) in [7, 11) is -3.42. The van der Waals surface area contributed by atoms with Crippen molar-refractivity contribution < 1.29 is 13.2 Å². The van der Waals surface area contributed by atoms with Gasteiger partial charge in [-0.1, -0.05) is 29.8 Å². The van der Waals surface area contributed by atoms with Gasteiger partial charge in [-0.2, -0.15) is 9.19 Å². The summed E-state index contributed by atoms with van der Waals surface area (Å²) in [5.74, 6) is -0.0745. The largest absolute Gasteiger partial charge is 0.334 e. The fraction of sp³-hybridized carbons (Fsp3) is 0.318. The topological polar surface area (TPSA) is 109 Å². The maximum absolute atomic E-state index is 12.6. The molecule has 0 aliphatic carbocycles. The number of anilines is 1. The first-order valence-electron chi connectivity index (χ1n) is 10.5. The van der Waals surface area contributed by atoms with Gasteiger partial charge in [0.05, 0.1) is 17.0 Å². The molecule has 1 aliphatic heterocycles. The number of nitrogens with zero attached hydrogens (tertiary/aromatic N) is 4. The molecular formula is C22H25ClN6O3S. The van der Waals surface area contributed by atoms with Crippen LogP contribution in [0.2, 0.25) is 5.02 Å². The standard InChI is InChI=1S/C22H25ClN6O3S/c1-33(31,32)29-12-9-18(27-29)14-28-11-10-21(19(15-28)20-8-7-16(23)13-24-20)26-22(30)25-17-5-3-2-4-6-17/h2-9,12-13,19,21H,10-11,14-15H2,1H3,(H2,25,26,30)/t19-,21+/m0/s1. The van der Waals surface area contributed by atoms with E-state index in [0.29, 0.717) is 36.8 Å². The van der Waals surface area contributed by atoms with Gasteiger partial charge in [0.1, 0.15) is 0 Å². The van der Waals surface area contributed by atoms with Crippen molar-refractivity contribution in [1.82, 2.24) is 24.4 Å². The van der Waals surface area contributed by atoms with Crippen molar-refractivity contribution in [1.29, 1.82) is 0 Å². The van der Waals surface area contributed by atoms with Crippen molar-refractivity contribution >= 4 is 33.3 Å². The first-order valence-corrected chi connectivity index (χ1v) is 12.7. The van der Waals surface area contributed by atoms with Crippen LogP contribution in [-0.4, -0.2) is 58.9 Å². The number of halogens is 1. The molecule has 0 spiro atoms. The number of piperidine rings is 1. The van der Waals surface area contributed by atoms with E-state index in [1.165, 1.54) is 6.20 Å². The second-order valence-electron chi connectivity index (χ2n) is 8.05. The Hall–Kier alpha value is -2.95.